The molecule has 1 aromatic carbocycles. The average molecular weight is 336 g/mol. The van der Waals surface area contributed by atoms with Crippen LogP contribution in [0.4, 0.5) is 0 Å². The quantitative estimate of drug-likeness (QED) is 0.391. The highest BCUT2D eigenvalue weighted by molar-refractivity contribution is 7.90. The maximum atomic E-state index is 10.3. The fourth-order valence-electron chi connectivity index (χ4n) is 2.91. The molecule has 1 aliphatic rings. The summed E-state index contributed by atoms with van der Waals surface area (Å²) in [7, 11) is 0. The monoisotopic (exact) mass is 336 g/mol. The van der Waals surface area contributed by atoms with Gasteiger partial charge in [-0.05, 0) is 41.8 Å². The van der Waals surface area contributed by atoms with E-state index in [0.717, 1.165) is 48.6 Å². The van der Waals surface area contributed by atoms with Gasteiger partial charge in [0.05, 0.1) is 11.4 Å². The van der Waals surface area contributed by atoms with Crippen molar-refractivity contribution in [2.45, 2.75) is 19.5 Å². The Morgan fingerprint density at radius 2 is 1.96 bits per heavy atom. The minimum atomic E-state index is 0.746. The Labute approximate surface area is 148 Å². The highest BCUT2D eigenvalue weighted by Crippen LogP contribution is 2.21. The summed E-state index contributed by atoms with van der Waals surface area (Å²) in [6.45, 7) is 2.84. The van der Waals surface area contributed by atoms with Crippen LogP contribution in [0.2, 0.25) is 0 Å². The predicted octanol–water partition coefficient (Wildman–Crippen LogP) is 3.67. The first kappa shape index (κ1) is 16.7. The molecule has 2 heterocycles. The summed E-state index contributed by atoms with van der Waals surface area (Å²) in [6, 6.07) is 14.6. The number of nitrogens with zero attached hydrogens (tertiary/aromatic N) is 2. The second kappa shape index (κ2) is 8.08. The lowest BCUT2D eigenvalue weighted by Crippen LogP contribution is -2.30. The van der Waals surface area contributed by atoms with E-state index in [4.69, 9.17) is 4.98 Å². The molecule has 0 aliphatic carbocycles. The number of benzene rings is 1. The molecule has 0 unspecified atom stereocenters. The lowest BCUT2D eigenvalue weighted by molar-refractivity contribution is -0.104. The minimum absolute atomic E-state index is 0.746. The number of allylic oxidation sites excluding steroid dienone is 3. The van der Waals surface area contributed by atoms with Crippen LogP contribution >= 0.6 is 12.6 Å². The van der Waals surface area contributed by atoms with E-state index in [1.807, 2.05) is 18.2 Å². The van der Waals surface area contributed by atoms with Crippen LogP contribution in [-0.4, -0.2) is 22.7 Å². The number of pyridine rings is 1. The van der Waals surface area contributed by atoms with Crippen molar-refractivity contribution in [2.24, 2.45) is 0 Å². The zero-order valence-corrected chi connectivity index (χ0v) is 14.3. The third kappa shape index (κ3) is 4.22. The normalized spacial score (nSPS) is 15.5. The van der Waals surface area contributed by atoms with E-state index < -0.39 is 0 Å². The number of carbonyl (C=O) groups excluding carboxylic acids is 1. The summed E-state index contributed by atoms with van der Waals surface area (Å²) in [6.07, 6.45) is 6.72. The van der Waals surface area contributed by atoms with Crippen LogP contribution in [0.25, 0.3) is 4.91 Å². The summed E-state index contributed by atoms with van der Waals surface area (Å²) in [5.41, 5.74) is 4.72. The molecule has 0 radical (unpaired) electrons. The van der Waals surface area contributed by atoms with Crippen molar-refractivity contribution >= 4 is 23.8 Å². The molecule has 0 saturated carbocycles. The van der Waals surface area contributed by atoms with E-state index in [1.54, 1.807) is 12.2 Å². The van der Waals surface area contributed by atoms with Crippen LogP contribution in [0.15, 0.2) is 60.7 Å². The Morgan fingerprint density at radius 3 is 2.79 bits per heavy atom. The van der Waals surface area contributed by atoms with Gasteiger partial charge >= 0.3 is 0 Å². The highest BCUT2D eigenvalue weighted by Gasteiger charge is 2.16. The van der Waals surface area contributed by atoms with E-state index in [9.17, 15) is 4.79 Å². The number of thiol groups is 1. The molecule has 24 heavy (non-hydrogen) atoms. The van der Waals surface area contributed by atoms with E-state index in [2.05, 4.69) is 41.8 Å². The number of rotatable bonds is 5. The zero-order valence-electron chi connectivity index (χ0n) is 13.4. The smallest absolute Gasteiger partial charge is 0.142 e. The zero-order chi connectivity index (χ0) is 16.8. The Bertz CT molecular complexity index is 783. The van der Waals surface area contributed by atoms with Crippen molar-refractivity contribution in [1.29, 1.82) is 0 Å². The topological polar surface area (TPSA) is 33.2 Å². The lowest BCUT2D eigenvalue weighted by Gasteiger charge is -2.28. The molecule has 0 spiro atoms. The van der Waals surface area contributed by atoms with Crippen LogP contribution in [0.3, 0.4) is 0 Å². The molecule has 122 valence electrons. The van der Waals surface area contributed by atoms with Crippen molar-refractivity contribution < 1.29 is 4.79 Å². The molecule has 1 aliphatic heterocycles. The van der Waals surface area contributed by atoms with Crippen molar-refractivity contribution in [3.05, 3.63) is 83.2 Å². The molecule has 1 aromatic heterocycles. The number of aldehydes is 1. The van der Waals surface area contributed by atoms with E-state index in [0.29, 0.717) is 0 Å². The molecular formula is C20H20N2OS. The number of hydrogen-bond donors (Lipinski definition) is 1. The Balaban J connectivity index is 1.70. The summed E-state index contributed by atoms with van der Waals surface area (Å²) in [4.78, 5) is 18.2. The first-order valence-electron chi connectivity index (χ1n) is 8.03. The van der Waals surface area contributed by atoms with Crippen LogP contribution in [0.1, 0.15) is 22.5 Å². The summed E-state index contributed by atoms with van der Waals surface area (Å²) in [5, 5.41) is 0. The number of fused-ring (bicyclic) bond motifs is 1. The first-order chi connectivity index (χ1) is 11.8. The second-order valence-corrected chi connectivity index (χ2v) is 6.30. The first-order valence-corrected chi connectivity index (χ1v) is 8.47. The minimum Gasteiger partial charge on any atom is -0.299 e. The van der Waals surface area contributed by atoms with Crippen molar-refractivity contribution in [2.75, 3.05) is 6.54 Å². The van der Waals surface area contributed by atoms with Crippen LogP contribution in [0.5, 0.6) is 0 Å². The second-order valence-electron chi connectivity index (χ2n) is 5.82. The van der Waals surface area contributed by atoms with Crippen LogP contribution < -0.4 is 0 Å². The molecule has 0 fully saturated rings. The van der Waals surface area contributed by atoms with Crippen LogP contribution in [-0.2, 0) is 24.3 Å². The largest absolute Gasteiger partial charge is 0.299 e. The fourth-order valence-corrected chi connectivity index (χ4v) is 3.12. The molecule has 0 amide bonds. The average Bonchev–Trinajstić information content (AvgIpc) is 2.62. The number of aromatic nitrogens is 1. The van der Waals surface area contributed by atoms with Gasteiger partial charge in [0.15, 0.2) is 0 Å². The molecule has 0 atom stereocenters. The van der Waals surface area contributed by atoms with Gasteiger partial charge < -0.3 is 0 Å². The SMILES string of the molecule is O=C/C=C/C=C(\S)c1cccc(CN2CCc3ccccc3C2)n1. The van der Waals surface area contributed by atoms with Crippen molar-refractivity contribution in [1.82, 2.24) is 9.88 Å². The summed E-state index contributed by atoms with van der Waals surface area (Å²) >= 11 is 4.46. The van der Waals surface area contributed by atoms with Gasteiger partial charge in [0.2, 0.25) is 0 Å². The maximum Gasteiger partial charge on any atom is 0.142 e. The molecule has 2 aromatic rings. The Kier molecular flexibility index (Phi) is 5.62. The van der Waals surface area contributed by atoms with Gasteiger partial charge in [0.25, 0.3) is 0 Å². The number of hydrogen-bond acceptors (Lipinski definition) is 4. The van der Waals surface area contributed by atoms with Crippen LogP contribution in [0, 0.1) is 0 Å². The van der Waals surface area contributed by atoms with Gasteiger partial charge in [-0.3, -0.25) is 14.7 Å². The molecule has 0 N–H and O–H groups in total. The molecule has 3 nitrogen and oxygen atoms in total. The van der Waals surface area contributed by atoms with Gasteiger partial charge in [-0.25, -0.2) is 0 Å². The van der Waals surface area contributed by atoms with Gasteiger partial charge in [-0.1, -0.05) is 36.4 Å². The number of carbonyl (C=O) groups is 1. The molecule has 3 rings (SSSR count). The highest BCUT2D eigenvalue weighted by atomic mass is 32.1. The van der Waals surface area contributed by atoms with Gasteiger partial charge in [-0.15, -0.1) is 12.6 Å². The van der Waals surface area contributed by atoms with E-state index in [-0.39, 0.29) is 0 Å². The molecule has 4 heteroatoms. The van der Waals surface area contributed by atoms with E-state index in [1.165, 1.54) is 17.2 Å². The third-order valence-electron chi connectivity index (χ3n) is 4.11. The third-order valence-corrected chi connectivity index (χ3v) is 4.49. The van der Waals surface area contributed by atoms with Gasteiger partial charge in [-0.2, -0.15) is 0 Å². The van der Waals surface area contributed by atoms with Crippen molar-refractivity contribution in [3.8, 4) is 0 Å². The Hall–Kier alpha value is -2.17. The molecule has 0 saturated heterocycles. The lowest BCUT2D eigenvalue weighted by atomic mass is 10.00. The predicted molar refractivity (Wildman–Crippen MR) is 101 cm³/mol. The fraction of sp³-hybridized carbons (Fsp3) is 0.200. The standard InChI is InChI=1S/C20H20N2OS/c23-13-4-3-10-20(24)19-9-5-8-18(21-19)15-22-12-11-16-6-1-2-7-17(16)14-22/h1-10,13,24H,11-12,14-15H2/b4-3+,20-10-. The maximum absolute atomic E-state index is 10.3. The Morgan fingerprint density at radius 1 is 1.12 bits per heavy atom. The van der Waals surface area contributed by atoms with E-state index >= 15 is 0 Å². The van der Waals surface area contributed by atoms with Crippen molar-refractivity contribution in [3.63, 3.8) is 0 Å². The van der Waals surface area contributed by atoms with Gasteiger partial charge in [0.1, 0.15) is 6.29 Å². The summed E-state index contributed by atoms with van der Waals surface area (Å²) < 4.78 is 0. The molecular weight excluding hydrogens is 316 g/mol. The molecule has 0 bridgehead atoms. The van der Waals surface area contributed by atoms with Gasteiger partial charge in [0, 0.05) is 24.5 Å². The summed E-state index contributed by atoms with van der Waals surface area (Å²) in [5.74, 6) is 0.